The number of hydrogen-bond donors (Lipinski definition) is 1. The maximum atomic E-state index is 14.0. The Balaban J connectivity index is 2.37. The zero-order valence-corrected chi connectivity index (χ0v) is 11.1. The van der Waals surface area contributed by atoms with Crippen molar-refractivity contribution in [1.29, 1.82) is 0 Å². The van der Waals surface area contributed by atoms with Crippen molar-refractivity contribution >= 4 is 23.2 Å². The Kier molecular flexibility index (Phi) is 3.93. The van der Waals surface area contributed by atoms with Crippen LogP contribution in [0.1, 0.15) is 18.0 Å². The highest BCUT2D eigenvalue weighted by Crippen LogP contribution is 2.40. The molecular weight excluding hydrogens is 262 g/mol. The SMILES string of the molecule is CN1CC(CN)CC1c1c(Cl)ccc(Cl)c1F. The van der Waals surface area contributed by atoms with Crippen LogP contribution in [0.2, 0.25) is 10.0 Å². The van der Waals surface area contributed by atoms with E-state index < -0.39 is 5.82 Å². The standard InChI is InChI=1S/C12H15Cl2FN2/c1-17-6-7(5-16)4-10(17)11-8(13)2-3-9(14)12(11)15/h2-3,7,10H,4-6,16H2,1H3. The predicted octanol–water partition coefficient (Wildman–Crippen LogP) is 3.08. The molecule has 2 unspecified atom stereocenters. The Bertz CT molecular complexity index is 425. The first-order chi connectivity index (χ1) is 8.04. The van der Waals surface area contributed by atoms with Crippen LogP contribution in [0.5, 0.6) is 0 Å². The first kappa shape index (κ1) is 13.1. The van der Waals surface area contributed by atoms with Crippen molar-refractivity contribution in [3.05, 3.63) is 33.6 Å². The van der Waals surface area contributed by atoms with Gasteiger partial charge in [0.15, 0.2) is 0 Å². The molecule has 1 aromatic rings. The molecule has 0 spiro atoms. The van der Waals surface area contributed by atoms with Crippen molar-refractivity contribution in [3.63, 3.8) is 0 Å². The van der Waals surface area contributed by atoms with Crippen LogP contribution < -0.4 is 5.73 Å². The van der Waals surface area contributed by atoms with E-state index >= 15 is 0 Å². The third-order valence-electron chi connectivity index (χ3n) is 3.38. The fourth-order valence-corrected chi connectivity index (χ4v) is 2.90. The third kappa shape index (κ3) is 2.43. The molecule has 5 heteroatoms. The quantitative estimate of drug-likeness (QED) is 0.842. The van der Waals surface area contributed by atoms with Crippen molar-refractivity contribution in [2.75, 3.05) is 20.1 Å². The molecule has 0 bridgehead atoms. The molecule has 2 atom stereocenters. The molecule has 1 saturated heterocycles. The van der Waals surface area contributed by atoms with E-state index in [0.717, 1.165) is 13.0 Å². The van der Waals surface area contributed by atoms with Gasteiger partial charge in [-0.3, -0.25) is 4.90 Å². The highest BCUT2D eigenvalue weighted by Gasteiger charge is 2.33. The van der Waals surface area contributed by atoms with Crippen molar-refractivity contribution in [2.45, 2.75) is 12.5 Å². The summed E-state index contributed by atoms with van der Waals surface area (Å²) in [7, 11) is 1.96. The molecule has 1 aromatic carbocycles. The van der Waals surface area contributed by atoms with Crippen LogP contribution in [-0.4, -0.2) is 25.0 Å². The summed E-state index contributed by atoms with van der Waals surface area (Å²) in [4.78, 5) is 2.08. The zero-order chi connectivity index (χ0) is 12.6. The van der Waals surface area contributed by atoms with Gasteiger partial charge in [0.25, 0.3) is 0 Å². The molecule has 94 valence electrons. The Morgan fingerprint density at radius 2 is 2.06 bits per heavy atom. The maximum absolute atomic E-state index is 14.0. The molecule has 0 radical (unpaired) electrons. The smallest absolute Gasteiger partial charge is 0.148 e. The van der Waals surface area contributed by atoms with E-state index in [-0.39, 0.29) is 11.1 Å². The lowest BCUT2D eigenvalue weighted by Crippen LogP contribution is -2.21. The van der Waals surface area contributed by atoms with Crippen LogP contribution in [0.25, 0.3) is 0 Å². The Morgan fingerprint density at radius 1 is 1.41 bits per heavy atom. The highest BCUT2D eigenvalue weighted by atomic mass is 35.5. The Hall–Kier alpha value is -0.350. The molecular formula is C12H15Cl2FN2. The molecule has 1 aliphatic rings. The average molecular weight is 277 g/mol. The lowest BCUT2D eigenvalue weighted by atomic mass is 9.99. The molecule has 2 nitrogen and oxygen atoms in total. The minimum atomic E-state index is -0.409. The largest absolute Gasteiger partial charge is 0.330 e. The molecule has 0 amide bonds. The monoisotopic (exact) mass is 276 g/mol. The lowest BCUT2D eigenvalue weighted by molar-refractivity contribution is 0.307. The number of likely N-dealkylation sites (tertiary alicyclic amines) is 1. The van der Waals surface area contributed by atoms with Crippen LogP contribution in [-0.2, 0) is 0 Å². The molecule has 0 aromatic heterocycles. The molecule has 2 rings (SSSR count). The minimum Gasteiger partial charge on any atom is -0.330 e. The maximum Gasteiger partial charge on any atom is 0.148 e. The van der Waals surface area contributed by atoms with Gasteiger partial charge in [-0.15, -0.1) is 0 Å². The van der Waals surface area contributed by atoms with Gasteiger partial charge in [-0.1, -0.05) is 23.2 Å². The first-order valence-corrected chi connectivity index (χ1v) is 6.34. The fourth-order valence-electron chi connectivity index (χ4n) is 2.46. The molecule has 1 fully saturated rings. The summed E-state index contributed by atoms with van der Waals surface area (Å²) in [6, 6.07) is 3.10. The predicted molar refractivity (Wildman–Crippen MR) is 69.0 cm³/mol. The topological polar surface area (TPSA) is 29.3 Å². The van der Waals surface area contributed by atoms with Gasteiger partial charge in [0.1, 0.15) is 5.82 Å². The van der Waals surface area contributed by atoms with Gasteiger partial charge in [-0.05, 0) is 38.1 Å². The number of nitrogens with two attached hydrogens (primary N) is 1. The second-order valence-corrected chi connectivity index (χ2v) is 5.36. The van der Waals surface area contributed by atoms with Crippen molar-refractivity contribution in [3.8, 4) is 0 Å². The zero-order valence-electron chi connectivity index (χ0n) is 9.59. The number of benzene rings is 1. The van der Waals surface area contributed by atoms with Gasteiger partial charge in [0.2, 0.25) is 0 Å². The van der Waals surface area contributed by atoms with Crippen LogP contribution >= 0.6 is 23.2 Å². The Labute approximate surface area is 110 Å². The van der Waals surface area contributed by atoms with E-state index in [1.54, 1.807) is 6.07 Å². The van der Waals surface area contributed by atoms with Crippen molar-refractivity contribution in [1.82, 2.24) is 4.90 Å². The molecule has 2 N–H and O–H groups in total. The van der Waals surface area contributed by atoms with E-state index in [0.29, 0.717) is 23.0 Å². The minimum absolute atomic E-state index is 0.0326. The summed E-state index contributed by atoms with van der Waals surface area (Å²) in [6.07, 6.45) is 0.823. The second-order valence-electron chi connectivity index (χ2n) is 4.55. The van der Waals surface area contributed by atoms with Gasteiger partial charge in [0, 0.05) is 23.2 Å². The summed E-state index contributed by atoms with van der Waals surface area (Å²) in [5.74, 6) is -0.0202. The summed E-state index contributed by atoms with van der Waals surface area (Å²) >= 11 is 11.9. The second kappa shape index (κ2) is 5.11. The van der Waals surface area contributed by atoms with Gasteiger partial charge < -0.3 is 5.73 Å². The van der Waals surface area contributed by atoms with E-state index in [2.05, 4.69) is 4.90 Å². The number of halogens is 3. The van der Waals surface area contributed by atoms with Gasteiger partial charge in [-0.25, -0.2) is 4.39 Å². The lowest BCUT2D eigenvalue weighted by Gasteiger charge is -2.21. The number of rotatable bonds is 2. The van der Waals surface area contributed by atoms with E-state index in [9.17, 15) is 4.39 Å². The van der Waals surface area contributed by atoms with Crippen LogP contribution in [0, 0.1) is 11.7 Å². The summed E-state index contributed by atoms with van der Waals surface area (Å²) in [5.41, 5.74) is 6.16. The summed E-state index contributed by atoms with van der Waals surface area (Å²) in [5, 5.41) is 0.551. The summed E-state index contributed by atoms with van der Waals surface area (Å²) in [6.45, 7) is 1.48. The first-order valence-electron chi connectivity index (χ1n) is 5.58. The van der Waals surface area contributed by atoms with Crippen LogP contribution in [0.4, 0.5) is 4.39 Å². The molecule has 1 aliphatic heterocycles. The number of nitrogens with zero attached hydrogens (tertiary/aromatic N) is 1. The van der Waals surface area contributed by atoms with E-state index in [1.165, 1.54) is 6.07 Å². The van der Waals surface area contributed by atoms with Crippen LogP contribution in [0.15, 0.2) is 12.1 Å². The van der Waals surface area contributed by atoms with Gasteiger partial charge in [0.05, 0.1) is 5.02 Å². The van der Waals surface area contributed by atoms with E-state index in [1.807, 2.05) is 7.05 Å². The normalized spacial score (nSPS) is 25.5. The molecule has 1 heterocycles. The molecule has 0 aliphatic carbocycles. The third-order valence-corrected chi connectivity index (χ3v) is 4.00. The van der Waals surface area contributed by atoms with Gasteiger partial charge >= 0.3 is 0 Å². The Morgan fingerprint density at radius 3 is 2.65 bits per heavy atom. The van der Waals surface area contributed by atoms with Crippen molar-refractivity contribution in [2.24, 2.45) is 11.7 Å². The fraction of sp³-hybridized carbons (Fsp3) is 0.500. The number of hydrogen-bond acceptors (Lipinski definition) is 2. The molecule has 0 saturated carbocycles. The highest BCUT2D eigenvalue weighted by molar-refractivity contribution is 6.33. The summed E-state index contributed by atoms with van der Waals surface area (Å²) < 4.78 is 14.0. The van der Waals surface area contributed by atoms with Crippen molar-refractivity contribution < 1.29 is 4.39 Å². The molecule has 17 heavy (non-hydrogen) atoms. The van der Waals surface area contributed by atoms with Gasteiger partial charge in [-0.2, -0.15) is 0 Å². The average Bonchev–Trinajstić information content (AvgIpc) is 2.66. The van der Waals surface area contributed by atoms with Crippen LogP contribution in [0.3, 0.4) is 0 Å². The van der Waals surface area contributed by atoms with E-state index in [4.69, 9.17) is 28.9 Å².